The Hall–Kier alpha value is -2.87. The number of hydrogen-bond acceptors (Lipinski definition) is 5. The van der Waals surface area contributed by atoms with Crippen molar-refractivity contribution >= 4 is 16.8 Å². The van der Waals surface area contributed by atoms with E-state index < -0.39 is 5.91 Å². The number of amides is 1. The van der Waals surface area contributed by atoms with Gasteiger partial charge in [-0.2, -0.15) is 5.10 Å². The van der Waals surface area contributed by atoms with E-state index in [-0.39, 0.29) is 18.3 Å². The number of carbonyl (C=O) groups excluding carboxylic acids is 1. The van der Waals surface area contributed by atoms with Gasteiger partial charge < -0.3 is 10.6 Å². The number of aromatic nitrogens is 4. The quantitative estimate of drug-likeness (QED) is 0.760. The second-order valence-corrected chi connectivity index (χ2v) is 6.98. The summed E-state index contributed by atoms with van der Waals surface area (Å²) in [5.74, 6) is 0.0504. The molecule has 140 valence electrons. The van der Waals surface area contributed by atoms with Crippen LogP contribution < -0.4 is 5.73 Å². The maximum atomic E-state index is 14.2. The third-order valence-electron chi connectivity index (χ3n) is 4.94. The van der Waals surface area contributed by atoms with E-state index in [1.807, 2.05) is 22.9 Å². The maximum absolute atomic E-state index is 14.2. The van der Waals surface area contributed by atoms with Gasteiger partial charge in [-0.05, 0) is 45.1 Å². The van der Waals surface area contributed by atoms with Gasteiger partial charge in [-0.25, -0.2) is 19.0 Å². The molecule has 1 aliphatic rings. The summed E-state index contributed by atoms with van der Waals surface area (Å²) in [6, 6.07) is 8.65. The molecule has 3 heterocycles. The van der Waals surface area contributed by atoms with Crippen molar-refractivity contribution in [1.29, 1.82) is 0 Å². The molecule has 1 fully saturated rings. The molecular weight excluding hydrogens is 347 g/mol. The number of pyridine rings is 1. The van der Waals surface area contributed by atoms with Gasteiger partial charge in [-0.1, -0.05) is 18.2 Å². The fourth-order valence-electron chi connectivity index (χ4n) is 3.50. The zero-order valence-electron chi connectivity index (χ0n) is 15.1. The number of rotatable bonds is 4. The summed E-state index contributed by atoms with van der Waals surface area (Å²) in [4.78, 5) is 22.6. The first-order valence-corrected chi connectivity index (χ1v) is 8.99. The van der Waals surface area contributed by atoms with Gasteiger partial charge in [0.1, 0.15) is 17.0 Å². The monoisotopic (exact) mass is 368 g/mol. The van der Waals surface area contributed by atoms with Crippen molar-refractivity contribution in [2.45, 2.75) is 25.3 Å². The molecule has 0 saturated carbocycles. The van der Waals surface area contributed by atoms with Crippen LogP contribution in [0, 0.1) is 5.82 Å². The second-order valence-electron chi connectivity index (χ2n) is 6.98. The Balaban J connectivity index is 1.79. The van der Waals surface area contributed by atoms with E-state index in [0.717, 1.165) is 31.3 Å². The van der Waals surface area contributed by atoms with Crippen molar-refractivity contribution in [3.8, 4) is 11.5 Å². The molecular formula is C19H21FN6O. The fourth-order valence-corrected chi connectivity index (χ4v) is 3.50. The molecule has 2 aromatic heterocycles. The van der Waals surface area contributed by atoms with Crippen LogP contribution in [-0.4, -0.2) is 50.7 Å². The minimum Gasteiger partial charge on any atom is -0.369 e. The molecule has 1 saturated heterocycles. The molecule has 1 amide bonds. The van der Waals surface area contributed by atoms with Gasteiger partial charge in [0.15, 0.2) is 11.6 Å². The van der Waals surface area contributed by atoms with Crippen molar-refractivity contribution in [1.82, 2.24) is 24.6 Å². The minimum absolute atomic E-state index is 0.0332. The van der Waals surface area contributed by atoms with E-state index in [4.69, 9.17) is 5.73 Å². The highest BCUT2D eigenvalue weighted by Crippen LogP contribution is 2.28. The van der Waals surface area contributed by atoms with E-state index in [0.29, 0.717) is 22.9 Å². The third kappa shape index (κ3) is 3.52. The molecule has 0 atom stereocenters. The Labute approximate surface area is 156 Å². The van der Waals surface area contributed by atoms with Gasteiger partial charge in [0.25, 0.3) is 0 Å². The highest BCUT2D eigenvalue weighted by Gasteiger charge is 2.25. The van der Waals surface area contributed by atoms with Crippen LogP contribution in [0.5, 0.6) is 0 Å². The van der Waals surface area contributed by atoms with Crippen molar-refractivity contribution < 1.29 is 9.18 Å². The van der Waals surface area contributed by atoms with Crippen LogP contribution in [-0.2, 0) is 11.2 Å². The van der Waals surface area contributed by atoms with Crippen LogP contribution in [0.3, 0.4) is 0 Å². The summed E-state index contributed by atoms with van der Waals surface area (Å²) in [5, 5.41) is 5.25. The van der Waals surface area contributed by atoms with Gasteiger partial charge in [0.05, 0.1) is 12.5 Å². The van der Waals surface area contributed by atoms with Crippen LogP contribution in [0.25, 0.3) is 22.4 Å². The predicted octanol–water partition coefficient (Wildman–Crippen LogP) is 1.93. The zero-order valence-corrected chi connectivity index (χ0v) is 15.1. The molecule has 0 aliphatic carbocycles. The van der Waals surface area contributed by atoms with Gasteiger partial charge in [0, 0.05) is 5.39 Å². The molecule has 0 radical (unpaired) electrons. The Kier molecular flexibility index (Phi) is 4.57. The summed E-state index contributed by atoms with van der Waals surface area (Å²) in [6.45, 7) is 1.91. The smallest absolute Gasteiger partial charge is 0.225 e. The number of primary amides is 1. The van der Waals surface area contributed by atoms with Crippen LogP contribution >= 0.6 is 0 Å². The van der Waals surface area contributed by atoms with E-state index >= 15 is 0 Å². The summed E-state index contributed by atoms with van der Waals surface area (Å²) in [6.07, 6.45) is 1.81. The van der Waals surface area contributed by atoms with Crippen molar-refractivity contribution in [3.05, 3.63) is 42.0 Å². The largest absolute Gasteiger partial charge is 0.369 e. The van der Waals surface area contributed by atoms with Crippen molar-refractivity contribution in [3.63, 3.8) is 0 Å². The van der Waals surface area contributed by atoms with Gasteiger partial charge in [-0.15, -0.1) is 0 Å². The first-order chi connectivity index (χ1) is 13.0. The number of halogens is 1. The number of benzene rings is 1. The molecule has 27 heavy (non-hydrogen) atoms. The second kappa shape index (κ2) is 7.03. The molecule has 8 heteroatoms. The molecule has 1 aliphatic heterocycles. The average Bonchev–Trinajstić information content (AvgIpc) is 3.05. The lowest BCUT2D eigenvalue weighted by Gasteiger charge is -2.29. The molecule has 0 spiro atoms. The Morgan fingerprint density at radius 1 is 1.22 bits per heavy atom. The van der Waals surface area contributed by atoms with E-state index in [1.54, 1.807) is 6.07 Å². The van der Waals surface area contributed by atoms with Crippen LogP contribution in [0.4, 0.5) is 4.39 Å². The van der Waals surface area contributed by atoms with Crippen LogP contribution in [0.2, 0.25) is 0 Å². The Morgan fingerprint density at radius 2 is 2.00 bits per heavy atom. The van der Waals surface area contributed by atoms with Gasteiger partial charge in [-0.3, -0.25) is 4.79 Å². The molecule has 0 bridgehead atoms. The molecule has 0 unspecified atom stereocenters. The first kappa shape index (κ1) is 17.5. The number of nitrogens with zero attached hydrogens (tertiary/aromatic N) is 5. The molecule has 1 aromatic carbocycles. The maximum Gasteiger partial charge on any atom is 0.225 e. The van der Waals surface area contributed by atoms with Crippen LogP contribution in [0.1, 0.15) is 24.7 Å². The summed E-state index contributed by atoms with van der Waals surface area (Å²) in [7, 11) is 2.09. The predicted molar refractivity (Wildman–Crippen MR) is 99.4 cm³/mol. The van der Waals surface area contributed by atoms with Crippen molar-refractivity contribution in [2.75, 3.05) is 20.1 Å². The summed E-state index contributed by atoms with van der Waals surface area (Å²) >= 11 is 0. The van der Waals surface area contributed by atoms with Gasteiger partial charge >= 0.3 is 0 Å². The SMILES string of the molecule is CN1CCC(n2nc(CC(N)=O)nc2-c2ccc3cccc(F)c3n2)CC1. The fraction of sp³-hybridized carbons (Fsp3) is 0.368. The number of nitrogens with two attached hydrogens (primary N) is 1. The molecule has 7 nitrogen and oxygen atoms in total. The lowest BCUT2D eigenvalue weighted by molar-refractivity contribution is -0.117. The highest BCUT2D eigenvalue weighted by atomic mass is 19.1. The summed E-state index contributed by atoms with van der Waals surface area (Å²) in [5.41, 5.74) is 6.15. The third-order valence-corrected chi connectivity index (χ3v) is 4.94. The number of para-hydroxylation sites is 1. The van der Waals surface area contributed by atoms with Gasteiger partial charge in [0.2, 0.25) is 5.91 Å². The number of hydrogen-bond donors (Lipinski definition) is 1. The average molecular weight is 368 g/mol. The lowest BCUT2D eigenvalue weighted by Crippen LogP contribution is -2.32. The molecule has 2 N–H and O–H groups in total. The minimum atomic E-state index is -0.486. The van der Waals surface area contributed by atoms with Crippen molar-refractivity contribution in [2.24, 2.45) is 5.73 Å². The normalized spacial score (nSPS) is 16.1. The first-order valence-electron chi connectivity index (χ1n) is 8.99. The molecule has 4 rings (SSSR count). The Morgan fingerprint density at radius 3 is 2.74 bits per heavy atom. The highest BCUT2D eigenvalue weighted by molar-refractivity contribution is 5.81. The topological polar surface area (TPSA) is 89.9 Å². The van der Waals surface area contributed by atoms with E-state index in [2.05, 4.69) is 27.0 Å². The number of piperidine rings is 1. The number of carbonyl (C=O) groups is 1. The zero-order chi connectivity index (χ0) is 19.0. The number of fused-ring (bicyclic) bond motifs is 1. The van der Waals surface area contributed by atoms with Crippen LogP contribution in [0.15, 0.2) is 30.3 Å². The summed E-state index contributed by atoms with van der Waals surface area (Å²) < 4.78 is 16.0. The number of likely N-dealkylation sites (tertiary alicyclic amines) is 1. The van der Waals surface area contributed by atoms with E-state index in [9.17, 15) is 9.18 Å². The lowest BCUT2D eigenvalue weighted by atomic mass is 10.1. The van der Waals surface area contributed by atoms with E-state index in [1.165, 1.54) is 6.07 Å². The standard InChI is InChI=1S/C19H21FN6O/c1-25-9-7-13(8-10-25)26-19(23-17(24-26)11-16(21)27)15-6-5-12-3-2-4-14(20)18(12)22-15/h2-6,13H,7-11H2,1H3,(H2,21,27). The Bertz CT molecular complexity index is 993. The molecule has 3 aromatic rings.